The highest BCUT2D eigenvalue weighted by Gasteiger charge is 2.57. The topological polar surface area (TPSA) is 55.8 Å². The molecule has 1 aliphatic carbocycles. The van der Waals surface area contributed by atoms with E-state index in [2.05, 4.69) is 0 Å². The third-order valence-electron chi connectivity index (χ3n) is 4.05. The molecule has 1 amide bonds. The molecule has 0 radical (unpaired) electrons. The summed E-state index contributed by atoms with van der Waals surface area (Å²) in [7, 11) is 2.96. The molecule has 5 nitrogen and oxygen atoms in total. The van der Waals surface area contributed by atoms with Crippen molar-refractivity contribution in [3.05, 3.63) is 24.0 Å². The van der Waals surface area contributed by atoms with E-state index in [0.717, 1.165) is 0 Å². The fourth-order valence-electron chi connectivity index (χ4n) is 2.93. The molecule has 110 valence electrons. The summed E-state index contributed by atoms with van der Waals surface area (Å²) in [4.78, 5) is 29.4. The quantitative estimate of drug-likeness (QED) is 0.774. The molecule has 0 aromatic rings. The van der Waals surface area contributed by atoms with Gasteiger partial charge in [0.25, 0.3) is 5.91 Å². The molecule has 0 unspecified atom stereocenters. The zero-order valence-corrected chi connectivity index (χ0v) is 12.6. The molecule has 0 N–H and O–H groups in total. The van der Waals surface area contributed by atoms with Gasteiger partial charge in [-0.25, -0.2) is 5.06 Å². The number of allylic oxidation sites excluding steroid dienone is 2. The van der Waals surface area contributed by atoms with E-state index in [9.17, 15) is 9.59 Å². The van der Waals surface area contributed by atoms with Crippen molar-refractivity contribution in [2.75, 3.05) is 14.2 Å². The van der Waals surface area contributed by atoms with Gasteiger partial charge in [-0.1, -0.05) is 20.8 Å². The van der Waals surface area contributed by atoms with Gasteiger partial charge in [0.2, 0.25) is 0 Å². The summed E-state index contributed by atoms with van der Waals surface area (Å²) in [5.74, 6) is 0.0305. The molecule has 0 bridgehead atoms. The predicted molar refractivity (Wildman–Crippen MR) is 73.4 cm³/mol. The van der Waals surface area contributed by atoms with Gasteiger partial charge >= 0.3 is 0 Å². The molecular weight excluding hydrogens is 258 g/mol. The Hall–Kier alpha value is -1.62. The number of carbonyl (C=O) groups is 2. The Balaban J connectivity index is 2.50. The van der Waals surface area contributed by atoms with Crippen molar-refractivity contribution in [3.63, 3.8) is 0 Å². The van der Waals surface area contributed by atoms with Gasteiger partial charge in [0, 0.05) is 12.0 Å². The van der Waals surface area contributed by atoms with Gasteiger partial charge in [0.1, 0.15) is 11.3 Å². The van der Waals surface area contributed by atoms with E-state index in [4.69, 9.17) is 9.57 Å². The largest absolute Gasteiger partial charge is 0.498 e. The molecule has 0 aromatic carbocycles. The van der Waals surface area contributed by atoms with Crippen LogP contribution in [-0.2, 0) is 19.2 Å². The molecule has 1 heterocycles. The summed E-state index contributed by atoms with van der Waals surface area (Å²) in [6.07, 6.45) is 5.13. The van der Waals surface area contributed by atoms with Crippen LogP contribution in [0.25, 0.3) is 0 Å². The van der Waals surface area contributed by atoms with Gasteiger partial charge in [-0.15, -0.1) is 0 Å². The molecule has 1 aliphatic heterocycles. The van der Waals surface area contributed by atoms with Gasteiger partial charge in [0.15, 0.2) is 5.78 Å². The maximum absolute atomic E-state index is 12.6. The zero-order chi connectivity index (χ0) is 15.1. The molecule has 1 saturated heterocycles. The Labute approximate surface area is 119 Å². The predicted octanol–water partition coefficient (Wildman–Crippen LogP) is 1.85. The second-order valence-corrected chi connectivity index (χ2v) is 6.31. The highest BCUT2D eigenvalue weighted by atomic mass is 16.7. The van der Waals surface area contributed by atoms with Gasteiger partial charge in [-0.2, -0.15) is 0 Å². The summed E-state index contributed by atoms with van der Waals surface area (Å²) in [6.45, 7) is 6.07. The van der Waals surface area contributed by atoms with Crippen LogP contribution < -0.4 is 0 Å². The SMILES string of the molecule is COC1=CC(=O)C=C[C@@]12C[C@H](C(C)(C)C)C(=O)N2OC. The van der Waals surface area contributed by atoms with E-state index in [-0.39, 0.29) is 23.0 Å². The van der Waals surface area contributed by atoms with Gasteiger partial charge in [-0.05, 0) is 24.0 Å². The first-order valence-corrected chi connectivity index (χ1v) is 6.64. The van der Waals surface area contributed by atoms with Crippen LogP contribution in [0.1, 0.15) is 27.2 Å². The van der Waals surface area contributed by atoms with Crippen molar-refractivity contribution < 1.29 is 19.2 Å². The number of ether oxygens (including phenoxy) is 1. The van der Waals surface area contributed by atoms with E-state index in [1.807, 2.05) is 20.8 Å². The van der Waals surface area contributed by atoms with Crippen molar-refractivity contribution in [3.8, 4) is 0 Å². The molecule has 5 heteroatoms. The fraction of sp³-hybridized carbons (Fsp3) is 0.600. The first kappa shape index (κ1) is 14.8. The lowest BCUT2D eigenvalue weighted by atomic mass is 9.75. The standard InChI is InChI=1S/C15H21NO4/c1-14(2,3)11-9-15(16(20-5)13(11)18)7-6-10(17)8-12(15)19-4/h6-8,11H,9H2,1-5H3/t11-,15+/m0/s1. The third kappa shape index (κ3) is 2.06. The van der Waals surface area contributed by atoms with Crippen LogP contribution >= 0.6 is 0 Å². The average Bonchev–Trinajstić information content (AvgIpc) is 2.66. The second kappa shape index (κ2) is 4.74. The van der Waals surface area contributed by atoms with Crippen molar-refractivity contribution in [2.24, 2.45) is 11.3 Å². The van der Waals surface area contributed by atoms with Crippen LogP contribution in [0.4, 0.5) is 0 Å². The lowest BCUT2D eigenvalue weighted by molar-refractivity contribution is -0.189. The lowest BCUT2D eigenvalue weighted by Crippen LogP contribution is -2.47. The number of hydrogen-bond acceptors (Lipinski definition) is 4. The average molecular weight is 279 g/mol. The Morgan fingerprint density at radius 2 is 1.95 bits per heavy atom. The minimum Gasteiger partial charge on any atom is -0.498 e. The monoisotopic (exact) mass is 279 g/mol. The van der Waals surface area contributed by atoms with Gasteiger partial charge in [0.05, 0.1) is 14.2 Å². The Morgan fingerprint density at radius 1 is 1.30 bits per heavy atom. The van der Waals surface area contributed by atoms with Crippen LogP contribution in [-0.4, -0.2) is 36.5 Å². The highest BCUT2D eigenvalue weighted by Crippen LogP contribution is 2.48. The molecule has 2 rings (SSSR count). The molecular formula is C15H21NO4. The van der Waals surface area contributed by atoms with Crippen molar-refractivity contribution in [1.29, 1.82) is 0 Å². The molecule has 1 spiro atoms. The van der Waals surface area contributed by atoms with E-state index < -0.39 is 5.54 Å². The summed E-state index contributed by atoms with van der Waals surface area (Å²) in [6, 6.07) is 0. The van der Waals surface area contributed by atoms with Crippen molar-refractivity contribution in [1.82, 2.24) is 5.06 Å². The number of carbonyl (C=O) groups excluding carboxylic acids is 2. The summed E-state index contributed by atoms with van der Waals surface area (Å²) in [5.41, 5.74) is -1.00. The number of methoxy groups -OCH3 is 1. The van der Waals surface area contributed by atoms with Crippen molar-refractivity contribution >= 4 is 11.7 Å². The molecule has 1 fully saturated rings. The first-order valence-electron chi connectivity index (χ1n) is 6.64. The number of ketones is 1. The fourth-order valence-corrected chi connectivity index (χ4v) is 2.93. The van der Waals surface area contributed by atoms with Crippen LogP contribution in [0.15, 0.2) is 24.0 Å². The maximum Gasteiger partial charge on any atom is 0.251 e. The van der Waals surface area contributed by atoms with Crippen molar-refractivity contribution in [2.45, 2.75) is 32.7 Å². The summed E-state index contributed by atoms with van der Waals surface area (Å²) >= 11 is 0. The van der Waals surface area contributed by atoms with E-state index in [1.165, 1.54) is 31.4 Å². The third-order valence-corrected chi connectivity index (χ3v) is 4.05. The van der Waals surface area contributed by atoms with Crippen LogP contribution in [0.3, 0.4) is 0 Å². The number of hydroxylamine groups is 2. The molecule has 2 atom stereocenters. The minimum atomic E-state index is -0.813. The first-order chi connectivity index (χ1) is 9.26. The Bertz CT molecular complexity index is 500. The number of hydrogen-bond donors (Lipinski definition) is 0. The van der Waals surface area contributed by atoms with Crippen LogP contribution in [0.2, 0.25) is 0 Å². The molecule has 0 aromatic heterocycles. The van der Waals surface area contributed by atoms with Gasteiger partial charge in [-0.3, -0.25) is 14.4 Å². The molecule has 2 aliphatic rings. The Kier molecular flexibility index (Phi) is 3.50. The van der Waals surface area contributed by atoms with E-state index in [1.54, 1.807) is 6.08 Å². The number of nitrogens with zero attached hydrogens (tertiary/aromatic N) is 1. The lowest BCUT2D eigenvalue weighted by Gasteiger charge is -2.36. The smallest absolute Gasteiger partial charge is 0.251 e. The zero-order valence-electron chi connectivity index (χ0n) is 12.6. The summed E-state index contributed by atoms with van der Waals surface area (Å²) < 4.78 is 5.36. The van der Waals surface area contributed by atoms with Gasteiger partial charge < -0.3 is 4.74 Å². The molecule has 0 saturated carbocycles. The second-order valence-electron chi connectivity index (χ2n) is 6.31. The number of rotatable bonds is 2. The molecule has 20 heavy (non-hydrogen) atoms. The number of amides is 1. The Morgan fingerprint density at radius 3 is 2.45 bits per heavy atom. The van der Waals surface area contributed by atoms with Crippen LogP contribution in [0, 0.1) is 11.3 Å². The van der Waals surface area contributed by atoms with Crippen LogP contribution in [0.5, 0.6) is 0 Å². The highest BCUT2D eigenvalue weighted by molar-refractivity contribution is 6.02. The maximum atomic E-state index is 12.6. The minimum absolute atomic E-state index is 0.0815. The summed E-state index contributed by atoms with van der Waals surface area (Å²) in [5, 5.41) is 1.33. The van der Waals surface area contributed by atoms with E-state index >= 15 is 0 Å². The van der Waals surface area contributed by atoms with E-state index in [0.29, 0.717) is 12.2 Å². The normalized spacial score (nSPS) is 30.1.